The second kappa shape index (κ2) is 7.27. The summed E-state index contributed by atoms with van der Waals surface area (Å²) in [4.78, 5) is 1.88. The number of halogens is 1. The highest BCUT2D eigenvalue weighted by atomic mass is 32.2. The van der Waals surface area contributed by atoms with E-state index >= 15 is 0 Å². The van der Waals surface area contributed by atoms with Crippen LogP contribution >= 0.6 is 11.8 Å². The van der Waals surface area contributed by atoms with Gasteiger partial charge in [0.1, 0.15) is 23.9 Å². The molecule has 0 aliphatic heterocycles. The van der Waals surface area contributed by atoms with E-state index in [0.717, 1.165) is 15.4 Å². The van der Waals surface area contributed by atoms with E-state index in [2.05, 4.69) is 0 Å². The summed E-state index contributed by atoms with van der Waals surface area (Å²) in [6, 6.07) is 18.7. The molecular formula is C19H16FNO2S. The van der Waals surface area contributed by atoms with Gasteiger partial charge in [0.15, 0.2) is 0 Å². The van der Waals surface area contributed by atoms with Crippen molar-refractivity contribution in [2.75, 3.05) is 5.73 Å². The third kappa shape index (κ3) is 4.20. The van der Waals surface area contributed by atoms with Crippen LogP contribution in [0.3, 0.4) is 0 Å². The molecule has 0 amide bonds. The molecule has 0 radical (unpaired) electrons. The normalized spacial score (nSPS) is 10.5. The van der Waals surface area contributed by atoms with Gasteiger partial charge in [0.05, 0.1) is 0 Å². The van der Waals surface area contributed by atoms with Crippen LogP contribution in [0.5, 0.6) is 11.5 Å². The zero-order chi connectivity index (χ0) is 16.9. The third-order valence-corrected chi connectivity index (χ3v) is 4.44. The maximum Gasteiger partial charge on any atom is 0.123 e. The second-order valence-electron chi connectivity index (χ2n) is 5.21. The second-order valence-corrected chi connectivity index (χ2v) is 6.33. The molecule has 3 aromatic carbocycles. The minimum atomic E-state index is -0.281. The molecule has 3 N–H and O–H groups in total. The van der Waals surface area contributed by atoms with Gasteiger partial charge < -0.3 is 15.6 Å². The smallest absolute Gasteiger partial charge is 0.123 e. The zero-order valence-corrected chi connectivity index (χ0v) is 13.6. The quantitative estimate of drug-likeness (QED) is 0.652. The Morgan fingerprint density at radius 3 is 2.50 bits per heavy atom. The molecule has 0 saturated heterocycles. The van der Waals surface area contributed by atoms with Crippen LogP contribution in [0, 0.1) is 5.82 Å². The lowest BCUT2D eigenvalue weighted by Gasteiger charge is -2.10. The number of benzene rings is 3. The van der Waals surface area contributed by atoms with Gasteiger partial charge in [0, 0.05) is 21.5 Å². The van der Waals surface area contributed by atoms with E-state index in [1.165, 1.54) is 23.9 Å². The third-order valence-electron chi connectivity index (χ3n) is 3.34. The van der Waals surface area contributed by atoms with Gasteiger partial charge in [-0.1, -0.05) is 23.9 Å². The highest BCUT2D eigenvalue weighted by Gasteiger charge is 2.05. The summed E-state index contributed by atoms with van der Waals surface area (Å²) in [6.07, 6.45) is 0. The fourth-order valence-electron chi connectivity index (χ4n) is 2.14. The lowest BCUT2D eigenvalue weighted by molar-refractivity contribution is 0.305. The Kier molecular flexibility index (Phi) is 4.91. The summed E-state index contributed by atoms with van der Waals surface area (Å²) in [5.41, 5.74) is 7.44. The number of nitrogens with two attached hydrogens (primary N) is 1. The van der Waals surface area contributed by atoms with Crippen molar-refractivity contribution in [2.24, 2.45) is 0 Å². The summed E-state index contributed by atoms with van der Waals surface area (Å²) in [5, 5.41) is 9.31. The molecule has 0 atom stereocenters. The van der Waals surface area contributed by atoms with Crippen LogP contribution in [-0.2, 0) is 6.61 Å². The highest BCUT2D eigenvalue weighted by molar-refractivity contribution is 7.99. The molecule has 0 bridgehead atoms. The van der Waals surface area contributed by atoms with Gasteiger partial charge in [-0.05, 0) is 54.1 Å². The van der Waals surface area contributed by atoms with Crippen LogP contribution < -0.4 is 10.5 Å². The zero-order valence-electron chi connectivity index (χ0n) is 12.8. The fourth-order valence-corrected chi connectivity index (χ4v) is 2.98. The molecule has 0 fully saturated rings. The van der Waals surface area contributed by atoms with E-state index < -0.39 is 0 Å². The first-order chi connectivity index (χ1) is 11.6. The molecule has 0 aromatic heterocycles. The van der Waals surface area contributed by atoms with Crippen molar-refractivity contribution < 1.29 is 14.2 Å². The molecule has 5 heteroatoms. The maximum absolute atomic E-state index is 13.1. The number of nitrogen functional groups attached to an aromatic ring is 1. The van der Waals surface area contributed by atoms with Crippen LogP contribution in [0.2, 0.25) is 0 Å². The van der Waals surface area contributed by atoms with Gasteiger partial charge in [0.2, 0.25) is 0 Å². The Balaban J connectivity index is 1.67. The predicted octanol–water partition coefficient (Wildman–Crippen LogP) is 4.84. The number of hydrogen-bond acceptors (Lipinski definition) is 4. The van der Waals surface area contributed by atoms with Crippen molar-refractivity contribution in [1.29, 1.82) is 0 Å². The molecule has 0 heterocycles. The Morgan fingerprint density at radius 1 is 1.00 bits per heavy atom. The molecule has 24 heavy (non-hydrogen) atoms. The Bertz CT molecular complexity index is 837. The van der Waals surface area contributed by atoms with Crippen molar-refractivity contribution in [3.63, 3.8) is 0 Å². The number of hydrogen-bond donors (Lipinski definition) is 2. The first kappa shape index (κ1) is 16.2. The number of phenols is 1. The number of anilines is 1. The minimum Gasteiger partial charge on any atom is -0.508 e. The van der Waals surface area contributed by atoms with Gasteiger partial charge in [-0.3, -0.25) is 0 Å². The van der Waals surface area contributed by atoms with Crippen LogP contribution in [0.25, 0.3) is 0 Å². The summed E-state index contributed by atoms with van der Waals surface area (Å²) in [5.74, 6) is 0.580. The topological polar surface area (TPSA) is 55.5 Å². The maximum atomic E-state index is 13.1. The molecule has 3 rings (SSSR count). The van der Waals surface area contributed by atoms with Crippen molar-refractivity contribution in [2.45, 2.75) is 16.4 Å². The van der Waals surface area contributed by atoms with E-state index in [9.17, 15) is 9.50 Å². The molecule has 0 spiro atoms. The predicted molar refractivity (Wildman–Crippen MR) is 93.8 cm³/mol. The molecular weight excluding hydrogens is 325 g/mol. The highest BCUT2D eigenvalue weighted by Crippen LogP contribution is 2.34. The lowest BCUT2D eigenvalue weighted by Crippen LogP contribution is -1.97. The SMILES string of the molecule is Nc1cc(OCc2cccc(F)c2)ccc1Sc1ccc(O)cc1. The molecule has 0 unspecified atom stereocenters. The summed E-state index contributed by atoms with van der Waals surface area (Å²) < 4.78 is 18.8. The summed E-state index contributed by atoms with van der Waals surface area (Å²) in [7, 11) is 0. The van der Waals surface area contributed by atoms with Gasteiger partial charge in [0.25, 0.3) is 0 Å². The van der Waals surface area contributed by atoms with Crippen LogP contribution in [0.4, 0.5) is 10.1 Å². The molecule has 0 saturated carbocycles. The van der Waals surface area contributed by atoms with Gasteiger partial charge in [-0.15, -0.1) is 0 Å². The van der Waals surface area contributed by atoms with Crippen molar-refractivity contribution in [3.8, 4) is 11.5 Å². The Hall–Kier alpha value is -2.66. The summed E-state index contributed by atoms with van der Waals surface area (Å²) in [6.45, 7) is 0.279. The first-order valence-electron chi connectivity index (χ1n) is 7.34. The van der Waals surface area contributed by atoms with Crippen molar-refractivity contribution in [3.05, 3.63) is 78.1 Å². The Labute approximate surface area is 143 Å². The Morgan fingerprint density at radius 2 is 1.79 bits per heavy atom. The standard InChI is InChI=1S/C19H16FNO2S/c20-14-3-1-2-13(10-14)12-23-16-6-9-19(18(21)11-16)24-17-7-4-15(22)5-8-17/h1-11,22H,12,21H2. The van der Waals surface area contributed by atoms with E-state index in [4.69, 9.17) is 10.5 Å². The molecule has 3 nitrogen and oxygen atoms in total. The number of aromatic hydroxyl groups is 1. The van der Waals surface area contributed by atoms with Crippen molar-refractivity contribution in [1.82, 2.24) is 0 Å². The minimum absolute atomic E-state index is 0.230. The molecule has 122 valence electrons. The number of phenolic OH excluding ortho intramolecular Hbond substituents is 1. The molecule has 3 aromatic rings. The van der Waals surface area contributed by atoms with E-state index in [-0.39, 0.29) is 18.2 Å². The monoisotopic (exact) mass is 341 g/mol. The van der Waals surface area contributed by atoms with E-state index in [1.807, 2.05) is 30.3 Å². The van der Waals surface area contributed by atoms with Gasteiger partial charge >= 0.3 is 0 Å². The number of ether oxygens (including phenoxy) is 1. The van der Waals surface area contributed by atoms with Crippen LogP contribution in [-0.4, -0.2) is 5.11 Å². The van der Waals surface area contributed by atoms with Crippen LogP contribution in [0.1, 0.15) is 5.56 Å². The molecule has 0 aliphatic rings. The summed E-state index contributed by atoms with van der Waals surface area (Å²) >= 11 is 1.51. The van der Waals surface area contributed by atoms with E-state index in [1.54, 1.807) is 24.3 Å². The van der Waals surface area contributed by atoms with Crippen LogP contribution in [0.15, 0.2) is 76.5 Å². The molecule has 0 aliphatic carbocycles. The van der Waals surface area contributed by atoms with E-state index in [0.29, 0.717) is 11.4 Å². The van der Waals surface area contributed by atoms with Gasteiger partial charge in [-0.25, -0.2) is 4.39 Å². The lowest BCUT2D eigenvalue weighted by atomic mass is 10.2. The average Bonchev–Trinajstić information content (AvgIpc) is 2.57. The number of rotatable bonds is 5. The average molecular weight is 341 g/mol. The first-order valence-corrected chi connectivity index (χ1v) is 8.15. The van der Waals surface area contributed by atoms with Gasteiger partial charge in [-0.2, -0.15) is 0 Å². The largest absolute Gasteiger partial charge is 0.508 e. The fraction of sp³-hybridized carbons (Fsp3) is 0.0526. The van der Waals surface area contributed by atoms with Crippen molar-refractivity contribution >= 4 is 17.4 Å².